The lowest BCUT2D eigenvalue weighted by atomic mass is 9.83. The van der Waals surface area contributed by atoms with Gasteiger partial charge in [0, 0.05) is 42.7 Å². The lowest BCUT2D eigenvalue weighted by molar-refractivity contribution is -0.130. The van der Waals surface area contributed by atoms with Crippen LogP contribution in [0.2, 0.25) is 0 Å². The largest absolute Gasteiger partial charge is 0.476 e. The Labute approximate surface area is 276 Å². The second-order valence-corrected chi connectivity index (χ2v) is 13.6. The van der Waals surface area contributed by atoms with Crippen molar-refractivity contribution in [3.63, 3.8) is 0 Å². The Hall–Kier alpha value is -4.28. The number of ether oxygens (including phenoxy) is 1. The molecule has 1 aromatic rings. The zero-order chi connectivity index (χ0) is 32.5. The molecule has 3 fully saturated rings. The van der Waals surface area contributed by atoms with Gasteiger partial charge in [-0.25, -0.2) is 9.38 Å². The zero-order valence-electron chi connectivity index (χ0n) is 27.0. The number of fused-ring (bicyclic) bond motifs is 3. The molecular formula is C37H42FN7O2. The minimum absolute atomic E-state index is 0.0427. The molecule has 0 saturated carbocycles. The molecule has 0 bridgehead atoms. The molecule has 0 spiro atoms. The normalized spacial score (nSPS) is 26.6. The lowest BCUT2D eigenvalue weighted by Crippen LogP contribution is -2.56. The van der Waals surface area contributed by atoms with Crippen LogP contribution in [0.5, 0.6) is 0 Å². The number of hydrogen-bond donors (Lipinski definition) is 0. The van der Waals surface area contributed by atoms with E-state index in [1.54, 1.807) is 11.1 Å². The van der Waals surface area contributed by atoms with Crippen molar-refractivity contribution in [1.82, 2.24) is 14.7 Å². The number of amides is 1. The van der Waals surface area contributed by atoms with Crippen molar-refractivity contribution in [3.05, 3.63) is 64.6 Å². The average molecular weight is 636 g/mol. The van der Waals surface area contributed by atoms with Crippen LogP contribution in [0.25, 0.3) is 5.70 Å². The van der Waals surface area contributed by atoms with Gasteiger partial charge in [0.1, 0.15) is 18.3 Å². The van der Waals surface area contributed by atoms with Gasteiger partial charge >= 0.3 is 0 Å². The molecule has 0 radical (unpaired) electrons. The fourth-order valence-corrected chi connectivity index (χ4v) is 8.87. The number of carbonyl (C=O) groups excluding carboxylic acids is 1. The van der Waals surface area contributed by atoms with Gasteiger partial charge in [-0.15, -0.1) is 0 Å². The minimum Gasteiger partial charge on any atom is -0.476 e. The molecule has 5 heterocycles. The number of benzene rings is 1. The maximum absolute atomic E-state index is 17.0. The quantitative estimate of drug-likeness (QED) is 0.386. The maximum Gasteiger partial charge on any atom is 0.246 e. The van der Waals surface area contributed by atoms with Gasteiger partial charge in [0.2, 0.25) is 11.8 Å². The molecule has 9 nitrogen and oxygen atoms in total. The summed E-state index contributed by atoms with van der Waals surface area (Å²) in [5, 5.41) is 19.7. The van der Waals surface area contributed by atoms with Crippen LogP contribution in [0, 0.1) is 28.6 Å². The molecule has 0 N–H and O–H groups in total. The van der Waals surface area contributed by atoms with Crippen LogP contribution in [-0.2, 0) is 22.4 Å². The summed E-state index contributed by atoms with van der Waals surface area (Å²) in [6.45, 7) is 7.40. The first kappa shape index (κ1) is 31.3. The highest BCUT2D eigenvalue weighted by atomic mass is 19.1. The summed E-state index contributed by atoms with van der Waals surface area (Å²) in [7, 11) is 0. The SMILES string of the molecule is C=CC(=O)N1CCN(C2=C(CC#N)C(OCC34CCCN3CCC4)=NC3C(F)=C(c4cccc5c4CCCC5)N=CC23)C[C@@H]1CC#N. The summed E-state index contributed by atoms with van der Waals surface area (Å²) >= 11 is 0. The van der Waals surface area contributed by atoms with Crippen molar-refractivity contribution >= 4 is 23.7 Å². The molecule has 3 atom stereocenters. The molecular weight excluding hydrogens is 593 g/mol. The zero-order valence-corrected chi connectivity index (χ0v) is 27.0. The number of rotatable bonds is 7. The van der Waals surface area contributed by atoms with Crippen LogP contribution < -0.4 is 0 Å². The van der Waals surface area contributed by atoms with E-state index in [0.717, 1.165) is 75.7 Å². The van der Waals surface area contributed by atoms with Gasteiger partial charge in [0.05, 0.1) is 42.5 Å². The van der Waals surface area contributed by atoms with Crippen LogP contribution in [0.1, 0.15) is 68.1 Å². The van der Waals surface area contributed by atoms with E-state index in [2.05, 4.69) is 34.6 Å². The fraction of sp³-hybridized carbons (Fsp3) is 0.541. The number of dihydropyridines is 1. The molecule has 47 heavy (non-hydrogen) atoms. The van der Waals surface area contributed by atoms with Crippen molar-refractivity contribution in [2.45, 2.75) is 81.8 Å². The second kappa shape index (κ2) is 13.1. The fourth-order valence-electron chi connectivity index (χ4n) is 8.87. The van der Waals surface area contributed by atoms with Crippen molar-refractivity contribution in [3.8, 4) is 12.1 Å². The van der Waals surface area contributed by atoms with Gasteiger partial charge in [-0.05, 0) is 81.7 Å². The topological polar surface area (TPSA) is 108 Å². The van der Waals surface area contributed by atoms with Crippen molar-refractivity contribution in [2.24, 2.45) is 15.9 Å². The van der Waals surface area contributed by atoms with E-state index >= 15 is 4.39 Å². The molecule has 1 amide bonds. The average Bonchev–Trinajstić information content (AvgIpc) is 3.68. The van der Waals surface area contributed by atoms with Crippen molar-refractivity contribution < 1.29 is 13.9 Å². The Morgan fingerprint density at radius 2 is 1.91 bits per heavy atom. The predicted molar refractivity (Wildman–Crippen MR) is 178 cm³/mol. The number of nitrogens with zero attached hydrogens (tertiary/aromatic N) is 7. The smallest absolute Gasteiger partial charge is 0.246 e. The number of nitriles is 2. The van der Waals surface area contributed by atoms with Gasteiger partial charge < -0.3 is 14.5 Å². The Kier molecular flexibility index (Phi) is 8.72. The predicted octanol–water partition coefficient (Wildman–Crippen LogP) is 5.11. The van der Waals surface area contributed by atoms with Crippen LogP contribution in [-0.4, -0.2) is 89.7 Å². The Balaban J connectivity index is 1.30. The molecule has 2 unspecified atom stereocenters. The van der Waals surface area contributed by atoms with Crippen molar-refractivity contribution in [2.75, 3.05) is 39.3 Å². The van der Waals surface area contributed by atoms with Crippen molar-refractivity contribution in [1.29, 1.82) is 10.5 Å². The third kappa shape index (κ3) is 5.57. The van der Waals surface area contributed by atoms with E-state index in [1.807, 2.05) is 12.1 Å². The second-order valence-electron chi connectivity index (χ2n) is 13.6. The molecule has 244 valence electrons. The Morgan fingerprint density at radius 3 is 2.68 bits per heavy atom. The van der Waals surface area contributed by atoms with E-state index in [4.69, 9.17) is 14.7 Å². The number of hydrogen-bond acceptors (Lipinski definition) is 8. The third-order valence-electron chi connectivity index (χ3n) is 11.1. The third-order valence-corrected chi connectivity index (χ3v) is 11.1. The molecule has 1 aromatic carbocycles. The van der Waals surface area contributed by atoms with E-state index in [1.165, 1.54) is 17.2 Å². The Bertz CT molecular complexity index is 1650. The lowest BCUT2D eigenvalue weighted by Gasteiger charge is -2.46. The van der Waals surface area contributed by atoms with Gasteiger partial charge in [-0.3, -0.25) is 14.7 Å². The summed E-state index contributed by atoms with van der Waals surface area (Å²) in [5.74, 6) is -0.825. The van der Waals surface area contributed by atoms with E-state index in [0.29, 0.717) is 43.4 Å². The van der Waals surface area contributed by atoms with Gasteiger partial charge in [-0.2, -0.15) is 10.5 Å². The monoisotopic (exact) mass is 635 g/mol. The van der Waals surface area contributed by atoms with E-state index in [9.17, 15) is 15.3 Å². The van der Waals surface area contributed by atoms with Gasteiger partial charge in [-0.1, -0.05) is 24.8 Å². The van der Waals surface area contributed by atoms with E-state index < -0.39 is 12.0 Å². The highest BCUT2D eigenvalue weighted by Gasteiger charge is 2.47. The molecule has 7 rings (SSSR count). The number of carbonyl (C=O) groups is 1. The first-order chi connectivity index (χ1) is 23.0. The minimum atomic E-state index is -0.891. The summed E-state index contributed by atoms with van der Waals surface area (Å²) in [6.07, 6.45) is 11.7. The van der Waals surface area contributed by atoms with E-state index in [-0.39, 0.29) is 36.2 Å². The summed E-state index contributed by atoms with van der Waals surface area (Å²) < 4.78 is 23.7. The number of halogens is 1. The molecule has 6 aliphatic rings. The number of piperazine rings is 1. The molecule has 5 aliphatic heterocycles. The van der Waals surface area contributed by atoms with Crippen LogP contribution in [0.4, 0.5) is 4.39 Å². The maximum atomic E-state index is 17.0. The van der Waals surface area contributed by atoms with Crippen LogP contribution >= 0.6 is 0 Å². The molecule has 3 saturated heterocycles. The summed E-state index contributed by atoms with van der Waals surface area (Å²) in [6, 6.07) is 9.37. The highest BCUT2D eigenvalue weighted by molar-refractivity contribution is 5.98. The van der Waals surface area contributed by atoms with Gasteiger partial charge in [0.25, 0.3) is 0 Å². The molecule has 1 aliphatic carbocycles. The first-order valence-electron chi connectivity index (χ1n) is 17.1. The number of aryl methyl sites for hydroxylation is 1. The molecule has 0 aromatic heterocycles. The Morgan fingerprint density at radius 1 is 1.11 bits per heavy atom. The van der Waals surface area contributed by atoms with Crippen LogP contribution in [0.3, 0.4) is 0 Å². The first-order valence-corrected chi connectivity index (χ1v) is 17.1. The standard InChI is InChI=1S/C37H42FN7O2/c1-2-31(46)45-21-20-43(23-26(45)12-16-39)35-29(13-17-40)36(47-24-37-14-6-18-44(37)19-7-15-37)42-34-30(35)22-41-33(32(34)38)28-11-5-9-25-8-3-4-10-27(25)28/h2,5,9,11,22,26,30,34H,1,3-4,6-8,10,12-15,18-21,23-24H2/t26-,30?,34?/m0/s1. The number of aliphatic imine (C=N–C) groups is 2. The van der Waals surface area contributed by atoms with Gasteiger partial charge in [0.15, 0.2) is 5.83 Å². The molecule has 10 heteroatoms. The summed E-state index contributed by atoms with van der Waals surface area (Å²) in [4.78, 5) is 28.8. The van der Waals surface area contributed by atoms with Crippen LogP contribution in [0.15, 0.2) is 57.9 Å². The summed E-state index contributed by atoms with van der Waals surface area (Å²) in [5.41, 5.74) is 4.94. The highest BCUT2D eigenvalue weighted by Crippen LogP contribution is 2.44.